The first-order valence-electron chi connectivity index (χ1n) is 13.2. The molecular formula is C28H42F2O. The van der Waals surface area contributed by atoms with Crippen LogP contribution in [0.25, 0.3) is 0 Å². The fraction of sp³-hybridized carbons (Fsp3) is 0.786. The highest BCUT2D eigenvalue weighted by Gasteiger charge is 2.38. The molecule has 4 rings (SSSR count). The summed E-state index contributed by atoms with van der Waals surface area (Å²) >= 11 is 0. The van der Waals surface area contributed by atoms with Gasteiger partial charge in [0.25, 0.3) is 0 Å². The molecule has 2 saturated carbocycles. The Hall–Kier alpha value is -1.12. The molecule has 0 heterocycles. The van der Waals surface area contributed by atoms with E-state index < -0.39 is 6.61 Å². The quantitative estimate of drug-likeness (QED) is 0.355. The summed E-state index contributed by atoms with van der Waals surface area (Å²) in [5, 5.41) is 0. The van der Waals surface area contributed by atoms with E-state index in [0.717, 1.165) is 42.4 Å². The van der Waals surface area contributed by atoms with Gasteiger partial charge in [-0.25, -0.2) is 0 Å². The van der Waals surface area contributed by atoms with E-state index in [9.17, 15) is 8.78 Å². The van der Waals surface area contributed by atoms with Crippen molar-refractivity contribution in [1.82, 2.24) is 0 Å². The van der Waals surface area contributed by atoms with Crippen molar-refractivity contribution in [2.45, 2.75) is 110 Å². The van der Waals surface area contributed by atoms with Gasteiger partial charge in [0.05, 0.1) is 0 Å². The van der Waals surface area contributed by atoms with Gasteiger partial charge in [0.2, 0.25) is 0 Å². The van der Waals surface area contributed by atoms with Crippen LogP contribution in [0.4, 0.5) is 8.78 Å². The maximum absolute atomic E-state index is 12.5. The molecule has 174 valence electrons. The first-order valence-corrected chi connectivity index (χ1v) is 13.2. The van der Waals surface area contributed by atoms with Gasteiger partial charge in [-0.15, -0.1) is 0 Å². The van der Waals surface area contributed by atoms with Gasteiger partial charge in [-0.05, 0) is 104 Å². The Morgan fingerprint density at radius 3 is 2.39 bits per heavy atom. The van der Waals surface area contributed by atoms with Crippen LogP contribution in [0.15, 0.2) is 18.2 Å². The minimum absolute atomic E-state index is 0.315. The van der Waals surface area contributed by atoms with Crippen molar-refractivity contribution < 1.29 is 13.5 Å². The SMILES string of the molecule is CCCCCCCC1CCC2CC(C3CCc4cc(OC(F)F)ccc4C3)CCC2C1. The smallest absolute Gasteiger partial charge is 0.387 e. The zero-order chi connectivity index (χ0) is 21.6. The topological polar surface area (TPSA) is 9.23 Å². The Kier molecular flexibility index (Phi) is 8.29. The normalized spacial score (nSPS) is 30.6. The minimum Gasteiger partial charge on any atom is -0.435 e. The van der Waals surface area contributed by atoms with Crippen LogP contribution in [0, 0.1) is 29.6 Å². The lowest BCUT2D eigenvalue weighted by molar-refractivity contribution is -0.0499. The molecular weight excluding hydrogens is 390 g/mol. The molecule has 0 amide bonds. The van der Waals surface area contributed by atoms with E-state index in [4.69, 9.17) is 0 Å². The lowest BCUT2D eigenvalue weighted by Crippen LogP contribution is -2.35. The number of unbranched alkanes of at least 4 members (excludes halogenated alkanes) is 4. The largest absolute Gasteiger partial charge is 0.435 e. The fourth-order valence-corrected chi connectivity index (χ4v) is 7.09. The number of benzene rings is 1. The van der Waals surface area contributed by atoms with Gasteiger partial charge < -0.3 is 4.74 Å². The summed E-state index contributed by atoms with van der Waals surface area (Å²) in [7, 11) is 0. The molecule has 0 bridgehead atoms. The molecule has 2 fully saturated rings. The van der Waals surface area contributed by atoms with E-state index in [0.29, 0.717) is 5.75 Å². The van der Waals surface area contributed by atoms with Crippen molar-refractivity contribution in [2.75, 3.05) is 0 Å². The highest BCUT2D eigenvalue weighted by atomic mass is 19.3. The van der Waals surface area contributed by atoms with Crippen LogP contribution in [-0.2, 0) is 12.8 Å². The van der Waals surface area contributed by atoms with Gasteiger partial charge in [0.15, 0.2) is 0 Å². The van der Waals surface area contributed by atoms with Gasteiger partial charge in [-0.3, -0.25) is 0 Å². The second kappa shape index (κ2) is 11.1. The Morgan fingerprint density at radius 1 is 0.839 bits per heavy atom. The molecule has 0 N–H and O–H groups in total. The number of halogens is 2. The molecule has 3 aliphatic rings. The summed E-state index contributed by atoms with van der Waals surface area (Å²) in [6, 6.07) is 5.61. The number of alkyl halides is 2. The monoisotopic (exact) mass is 432 g/mol. The summed E-state index contributed by atoms with van der Waals surface area (Å²) in [5.74, 6) is 4.94. The van der Waals surface area contributed by atoms with E-state index in [2.05, 4.69) is 11.7 Å². The van der Waals surface area contributed by atoms with Gasteiger partial charge in [-0.1, -0.05) is 57.9 Å². The van der Waals surface area contributed by atoms with Crippen LogP contribution in [0.2, 0.25) is 0 Å². The minimum atomic E-state index is -2.74. The first kappa shape index (κ1) is 23.1. The van der Waals surface area contributed by atoms with Crippen LogP contribution >= 0.6 is 0 Å². The van der Waals surface area contributed by atoms with Crippen molar-refractivity contribution in [2.24, 2.45) is 29.6 Å². The van der Waals surface area contributed by atoms with E-state index >= 15 is 0 Å². The second-order valence-electron chi connectivity index (χ2n) is 10.8. The molecule has 5 atom stereocenters. The number of fused-ring (bicyclic) bond motifs is 2. The van der Waals surface area contributed by atoms with Crippen LogP contribution in [-0.4, -0.2) is 6.61 Å². The molecule has 0 saturated heterocycles. The summed E-state index contributed by atoms with van der Waals surface area (Å²) in [5.41, 5.74) is 2.59. The molecule has 0 spiro atoms. The van der Waals surface area contributed by atoms with Crippen LogP contribution in [0.3, 0.4) is 0 Å². The maximum Gasteiger partial charge on any atom is 0.387 e. The number of aryl methyl sites for hydroxylation is 1. The van der Waals surface area contributed by atoms with Crippen LogP contribution in [0.1, 0.15) is 102 Å². The molecule has 3 aliphatic carbocycles. The van der Waals surface area contributed by atoms with E-state index in [1.165, 1.54) is 94.6 Å². The zero-order valence-corrected chi connectivity index (χ0v) is 19.5. The summed E-state index contributed by atoms with van der Waals surface area (Å²) in [6.07, 6.45) is 20.7. The van der Waals surface area contributed by atoms with Gasteiger partial charge in [0.1, 0.15) is 5.75 Å². The lowest BCUT2D eigenvalue weighted by Gasteiger charge is -2.45. The number of rotatable bonds is 9. The maximum atomic E-state index is 12.5. The predicted octanol–water partition coefficient (Wildman–Crippen LogP) is 8.59. The zero-order valence-electron chi connectivity index (χ0n) is 19.5. The second-order valence-corrected chi connectivity index (χ2v) is 10.8. The molecule has 0 radical (unpaired) electrons. The highest BCUT2D eigenvalue weighted by Crippen LogP contribution is 2.49. The molecule has 3 heteroatoms. The number of hydrogen-bond donors (Lipinski definition) is 0. The standard InChI is InChI=1S/C28H42F2O/c1-2-3-4-5-6-7-20-8-9-22-17-23(11-10-21(22)16-20)24-12-13-26-19-27(31-28(29)30)15-14-25(26)18-24/h14-15,19-24,28H,2-13,16-18H2,1H3. The Bertz CT molecular complexity index is 688. The van der Waals surface area contributed by atoms with Crippen molar-refractivity contribution >= 4 is 0 Å². The average molecular weight is 433 g/mol. The van der Waals surface area contributed by atoms with Gasteiger partial charge in [0, 0.05) is 0 Å². The first-order chi connectivity index (χ1) is 15.1. The molecule has 1 aromatic carbocycles. The van der Waals surface area contributed by atoms with E-state index in [-0.39, 0.29) is 0 Å². The summed E-state index contributed by atoms with van der Waals surface area (Å²) < 4.78 is 29.6. The number of hydrogen-bond acceptors (Lipinski definition) is 1. The summed E-state index contributed by atoms with van der Waals surface area (Å²) in [4.78, 5) is 0. The molecule has 0 aromatic heterocycles. The van der Waals surface area contributed by atoms with E-state index in [1.807, 2.05) is 12.1 Å². The molecule has 1 nitrogen and oxygen atoms in total. The van der Waals surface area contributed by atoms with Crippen molar-refractivity contribution in [1.29, 1.82) is 0 Å². The van der Waals surface area contributed by atoms with Crippen molar-refractivity contribution in [3.8, 4) is 5.75 Å². The lowest BCUT2D eigenvalue weighted by atomic mass is 9.61. The van der Waals surface area contributed by atoms with Crippen LogP contribution in [0.5, 0.6) is 5.75 Å². The third-order valence-electron chi connectivity index (χ3n) is 8.81. The molecule has 31 heavy (non-hydrogen) atoms. The van der Waals surface area contributed by atoms with Gasteiger partial charge in [-0.2, -0.15) is 8.78 Å². The average Bonchev–Trinajstić information content (AvgIpc) is 2.78. The van der Waals surface area contributed by atoms with Crippen molar-refractivity contribution in [3.63, 3.8) is 0 Å². The van der Waals surface area contributed by atoms with E-state index in [1.54, 1.807) is 6.07 Å². The van der Waals surface area contributed by atoms with Crippen LogP contribution < -0.4 is 4.74 Å². The Balaban J connectivity index is 1.24. The number of ether oxygens (including phenoxy) is 1. The third-order valence-corrected chi connectivity index (χ3v) is 8.81. The highest BCUT2D eigenvalue weighted by molar-refractivity contribution is 5.37. The van der Waals surface area contributed by atoms with Crippen molar-refractivity contribution in [3.05, 3.63) is 29.3 Å². The Morgan fingerprint density at radius 2 is 1.58 bits per heavy atom. The summed E-state index contributed by atoms with van der Waals surface area (Å²) in [6.45, 7) is -0.438. The fourth-order valence-electron chi connectivity index (χ4n) is 7.09. The van der Waals surface area contributed by atoms with Gasteiger partial charge >= 0.3 is 6.61 Å². The molecule has 5 unspecified atom stereocenters. The molecule has 0 aliphatic heterocycles. The molecule has 1 aromatic rings. The Labute approximate surface area is 188 Å². The predicted molar refractivity (Wildman–Crippen MR) is 124 cm³/mol. The third kappa shape index (κ3) is 6.23.